The van der Waals surface area contributed by atoms with E-state index in [0.29, 0.717) is 17.1 Å². The summed E-state index contributed by atoms with van der Waals surface area (Å²) in [4.78, 5) is 12.6. The molecule has 1 aliphatic carbocycles. The Morgan fingerprint density at radius 3 is 2.59 bits per heavy atom. The predicted molar refractivity (Wildman–Crippen MR) is 133 cm³/mol. The number of hydrogen-bond donors (Lipinski definition) is 4. The Morgan fingerprint density at radius 2 is 1.88 bits per heavy atom. The summed E-state index contributed by atoms with van der Waals surface area (Å²) < 4.78 is 0. The highest BCUT2D eigenvalue weighted by Crippen LogP contribution is 2.23. The zero-order chi connectivity index (χ0) is 22.4. The van der Waals surface area contributed by atoms with Crippen LogP contribution in [0, 0.1) is 0 Å². The van der Waals surface area contributed by atoms with E-state index >= 15 is 0 Å². The summed E-state index contributed by atoms with van der Waals surface area (Å²) in [5, 5.41) is 14.7. The molecule has 2 heterocycles. The molecule has 0 amide bonds. The van der Waals surface area contributed by atoms with Gasteiger partial charge in [-0.1, -0.05) is 56.3 Å². The summed E-state index contributed by atoms with van der Waals surface area (Å²) in [5.74, 6) is 0.773. The van der Waals surface area contributed by atoms with Gasteiger partial charge in [-0.3, -0.25) is 20.5 Å². The Hall–Kier alpha value is -1.83. The lowest BCUT2D eigenvalue weighted by Crippen LogP contribution is -2.74. The number of likely N-dealkylation sites (tertiary alicyclic amines) is 1. The topological polar surface area (TPSA) is 76.1 Å². The molecule has 1 saturated carbocycles. The summed E-state index contributed by atoms with van der Waals surface area (Å²) in [7, 11) is 1.93. The molecule has 4 N–H and O–H groups in total. The van der Waals surface area contributed by atoms with E-state index in [-0.39, 0.29) is 0 Å². The molecule has 176 valence electrons. The van der Waals surface area contributed by atoms with Gasteiger partial charge in [-0.25, -0.2) is 4.99 Å². The molecular formula is C24H38ClN7. The summed E-state index contributed by atoms with van der Waals surface area (Å²) in [6.45, 7) is 5.26. The van der Waals surface area contributed by atoms with Crippen LogP contribution in [0.1, 0.15) is 63.9 Å². The van der Waals surface area contributed by atoms with Crippen molar-refractivity contribution in [3.63, 3.8) is 0 Å². The molecule has 7 nitrogen and oxygen atoms in total. The van der Waals surface area contributed by atoms with Gasteiger partial charge in [0.1, 0.15) is 0 Å². The molecule has 1 aromatic carbocycles. The van der Waals surface area contributed by atoms with Crippen LogP contribution in [0.4, 0.5) is 0 Å². The van der Waals surface area contributed by atoms with Crippen molar-refractivity contribution >= 4 is 23.5 Å². The first-order chi connectivity index (χ1) is 15.6. The summed E-state index contributed by atoms with van der Waals surface area (Å²) in [5.41, 5.74) is 0.992. The predicted octanol–water partition coefficient (Wildman–Crippen LogP) is 3.37. The van der Waals surface area contributed by atoms with Crippen molar-refractivity contribution in [3.05, 3.63) is 34.9 Å². The average Bonchev–Trinajstić information content (AvgIpc) is 3.12. The second kappa shape index (κ2) is 10.9. The summed E-state index contributed by atoms with van der Waals surface area (Å²) in [6.07, 6.45) is 9.87. The number of hydrogen-bond acceptors (Lipinski definition) is 4. The number of rotatable bonds is 6. The molecule has 1 aromatic rings. The van der Waals surface area contributed by atoms with Crippen LogP contribution < -0.4 is 21.3 Å². The van der Waals surface area contributed by atoms with E-state index in [0.717, 1.165) is 43.4 Å². The van der Waals surface area contributed by atoms with Gasteiger partial charge in [0, 0.05) is 16.6 Å². The van der Waals surface area contributed by atoms with E-state index in [2.05, 4.69) is 39.2 Å². The summed E-state index contributed by atoms with van der Waals surface area (Å²) >= 11 is 6.34. The number of nitrogens with one attached hydrogen (secondary N) is 4. The van der Waals surface area contributed by atoms with Gasteiger partial charge >= 0.3 is 0 Å². The van der Waals surface area contributed by atoms with Crippen molar-refractivity contribution in [1.82, 2.24) is 26.2 Å². The van der Waals surface area contributed by atoms with Crippen molar-refractivity contribution in [3.8, 4) is 0 Å². The number of aliphatic imine (C=N–C) groups is 2. The summed E-state index contributed by atoms with van der Waals surface area (Å²) in [6, 6.07) is 8.74. The van der Waals surface area contributed by atoms with Gasteiger partial charge in [0.15, 0.2) is 5.79 Å². The van der Waals surface area contributed by atoms with Crippen LogP contribution in [-0.4, -0.2) is 55.6 Å². The van der Waals surface area contributed by atoms with E-state index in [1.807, 2.05) is 25.2 Å². The maximum atomic E-state index is 6.34. The highest BCUT2D eigenvalue weighted by Gasteiger charge is 2.37. The number of guanidine groups is 2. The first-order valence-corrected chi connectivity index (χ1v) is 12.6. The fraction of sp³-hybridized carbons (Fsp3) is 0.667. The number of likely N-dealkylation sites (N-methyl/N-ethyl adjacent to an activating group) is 1. The van der Waals surface area contributed by atoms with Crippen LogP contribution in [-0.2, 0) is 5.79 Å². The Balaban J connectivity index is 1.61. The fourth-order valence-corrected chi connectivity index (χ4v) is 5.31. The second-order valence-corrected chi connectivity index (χ2v) is 9.56. The third kappa shape index (κ3) is 5.56. The Labute approximate surface area is 197 Å². The van der Waals surface area contributed by atoms with E-state index in [9.17, 15) is 0 Å². The van der Waals surface area contributed by atoms with E-state index < -0.39 is 5.79 Å². The number of halogens is 1. The lowest BCUT2D eigenvalue weighted by atomic mass is 10.1. The van der Waals surface area contributed by atoms with Gasteiger partial charge in [-0.15, -0.1) is 0 Å². The van der Waals surface area contributed by atoms with Crippen molar-refractivity contribution < 1.29 is 0 Å². The maximum absolute atomic E-state index is 6.34. The van der Waals surface area contributed by atoms with E-state index in [1.54, 1.807) is 0 Å². The maximum Gasteiger partial charge on any atom is 0.201 e. The standard InChI is InChI=1S/C24H38ClN7/c1-3-32-15-9-14-21(32)17-27-22-29-23(28-20-12-6-4-5-7-13-20)31-24(26-2,30-22)18-10-8-11-19(25)16-18/h8,10-11,16,20-21,26H,3-7,9,12-15,17H2,1-2H3,(H3,27,28,29,30,31). The Bertz CT molecular complexity index is 818. The van der Waals surface area contributed by atoms with Gasteiger partial charge in [-0.05, 0) is 58.0 Å². The molecule has 2 unspecified atom stereocenters. The molecule has 8 heteroatoms. The Kier molecular flexibility index (Phi) is 7.92. The smallest absolute Gasteiger partial charge is 0.201 e. The molecule has 4 rings (SSSR count). The third-order valence-corrected chi connectivity index (χ3v) is 7.22. The minimum Gasteiger partial charge on any atom is -0.317 e. The molecule has 2 saturated heterocycles. The first kappa shape index (κ1) is 23.3. The highest BCUT2D eigenvalue weighted by molar-refractivity contribution is 6.30. The van der Waals surface area contributed by atoms with Crippen LogP contribution >= 0.6 is 11.6 Å². The quantitative estimate of drug-likeness (QED) is 0.491. The average molecular weight is 460 g/mol. The lowest BCUT2D eigenvalue weighted by Gasteiger charge is -2.42. The van der Waals surface area contributed by atoms with Crippen LogP contribution in [0.5, 0.6) is 0 Å². The molecule has 0 aromatic heterocycles. The van der Waals surface area contributed by atoms with E-state index in [4.69, 9.17) is 21.6 Å². The van der Waals surface area contributed by atoms with E-state index in [1.165, 1.54) is 45.1 Å². The van der Waals surface area contributed by atoms with Crippen LogP contribution in [0.2, 0.25) is 5.02 Å². The number of nitrogens with zero attached hydrogens (tertiary/aromatic N) is 3. The van der Waals surface area contributed by atoms with Crippen molar-refractivity contribution in [2.45, 2.75) is 76.2 Å². The molecule has 0 bridgehead atoms. The van der Waals surface area contributed by atoms with Crippen molar-refractivity contribution in [2.75, 3.05) is 26.7 Å². The molecule has 32 heavy (non-hydrogen) atoms. The zero-order valence-electron chi connectivity index (χ0n) is 19.5. The minimum atomic E-state index is -0.737. The van der Waals surface area contributed by atoms with Gasteiger partial charge in [0.2, 0.25) is 11.9 Å². The zero-order valence-corrected chi connectivity index (χ0v) is 20.2. The van der Waals surface area contributed by atoms with Crippen LogP contribution in [0.3, 0.4) is 0 Å². The second-order valence-electron chi connectivity index (χ2n) is 9.12. The van der Waals surface area contributed by atoms with Crippen molar-refractivity contribution in [1.29, 1.82) is 0 Å². The molecule has 0 radical (unpaired) electrons. The molecule has 3 aliphatic rings. The highest BCUT2D eigenvalue weighted by atomic mass is 35.5. The fourth-order valence-electron chi connectivity index (χ4n) is 5.12. The first-order valence-electron chi connectivity index (χ1n) is 12.3. The minimum absolute atomic E-state index is 0.339. The molecular weight excluding hydrogens is 422 g/mol. The molecule has 0 spiro atoms. The molecule has 2 atom stereocenters. The van der Waals surface area contributed by atoms with Gasteiger partial charge in [0.25, 0.3) is 0 Å². The lowest BCUT2D eigenvalue weighted by molar-refractivity contribution is 0.268. The van der Waals surface area contributed by atoms with Gasteiger partial charge in [0.05, 0.1) is 12.6 Å². The van der Waals surface area contributed by atoms with Gasteiger partial charge in [-0.2, -0.15) is 0 Å². The Morgan fingerprint density at radius 1 is 1.09 bits per heavy atom. The monoisotopic (exact) mass is 459 g/mol. The van der Waals surface area contributed by atoms with Crippen molar-refractivity contribution in [2.24, 2.45) is 9.98 Å². The third-order valence-electron chi connectivity index (χ3n) is 6.98. The molecule has 2 aliphatic heterocycles. The largest absolute Gasteiger partial charge is 0.317 e. The van der Waals surface area contributed by atoms with Crippen LogP contribution in [0.25, 0.3) is 0 Å². The van der Waals surface area contributed by atoms with Crippen LogP contribution in [0.15, 0.2) is 34.3 Å². The van der Waals surface area contributed by atoms with Gasteiger partial charge < -0.3 is 10.6 Å². The number of benzene rings is 1. The normalized spacial score (nSPS) is 30.0. The SMILES string of the molecule is CCN1CCCC1CN=C1NC(=NC2CCCCCC2)NC(NC)(c2cccc(Cl)c2)N1. The molecule has 3 fully saturated rings.